The fourth-order valence-electron chi connectivity index (χ4n) is 3.01. The monoisotopic (exact) mass is 301 g/mol. The summed E-state index contributed by atoms with van der Waals surface area (Å²) in [5.74, 6) is -2.11. The molecule has 1 aliphatic carbocycles. The van der Waals surface area contributed by atoms with Crippen molar-refractivity contribution in [1.29, 1.82) is 0 Å². The summed E-state index contributed by atoms with van der Waals surface area (Å²) in [7, 11) is 0. The number of hydrogen-bond donors (Lipinski definition) is 1. The van der Waals surface area contributed by atoms with Gasteiger partial charge in [0.05, 0.1) is 0 Å². The topological polar surface area (TPSA) is 12.0 Å². The Labute approximate surface area is 124 Å². The van der Waals surface area contributed by atoms with Crippen molar-refractivity contribution >= 4 is 11.6 Å². The Kier molecular flexibility index (Phi) is 5.39. The van der Waals surface area contributed by atoms with Crippen LogP contribution in [0.15, 0.2) is 24.3 Å². The summed E-state index contributed by atoms with van der Waals surface area (Å²) in [5, 5.41) is 4.19. The van der Waals surface area contributed by atoms with E-state index in [-0.39, 0.29) is 18.9 Å². The summed E-state index contributed by atoms with van der Waals surface area (Å²) in [6.07, 6.45) is 2.15. The molecule has 1 atom stereocenters. The standard InChI is InChI=1S/C16H22ClF2N/c1-2-20-15(11-12-3-5-14(17)6-4-12)13-7-9-16(18,19)10-8-13/h3-6,13,15,20H,2,7-11H2,1H3. The molecule has 20 heavy (non-hydrogen) atoms. The van der Waals surface area contributed by atoms with Gasteiger partial charge in [-0.2, -0.15) is 0 Å². The Morgan fingerprint density at radius 2 is 1.85 bits per heavy atom. The van der Waals surface area contributed by atoms with E-state index in [0.717, 1.165) is 18.0 Å². The molecule has 0 aromatic heterocycles. The van der Waals surface area contributed by atoms with Crippen LogP contribution in [0.25, 0.3) is 0 Å². The average Bonchev–Trinajstić information content (AvgIpc) is 2.41. The summed E-state index contributed by atoms with van der Waals surface area (Å²) in [5.41, 5.74) is 1.21. The molecule has 4 heteroatoms. The average molecular weight is 302 g/mol. The van der Waals surface area contributed by atoms with E-state index in [2.05, 4.69) is 12.2 Å². The van der Waals surface area contributed by atoms with E-state index in [1.807, 2.05) is 24.3 Å². The molecule has 0 amide bonds. The van der Waals surface area contributed by atoms with E-state index >= 15 is 0 Å². The van der Waals surface area contributed by atoms with E-state index < -0.39 is 5.92 Å². The van der Waals surface area contributed by atoms with Gasteiger partial charge in [-0.25, -0.2) is 8.78 Å². The van der Waals surface area contributed by atoms with Crippen LogP contribution in [0.2, 0.25) is 5.02 Å². The second-order valence-corrected chi connectivity index (χ2v) is 6.12. The minimum atomic E-state index is -2.45. The van der Waals surface area contributed by atoms with Crippen LogP contribution in [0.3, 0.4) is 0 Å². The SMILES string of the molecule is CCNC(Cc1ccc(Cl)cc1)C1CCC(F)(F)CC1. The maximum Gasteiger partial charge on any atom is 0.248 e. The number of rotatable bonds is 5. The van der Waals surface area contributed by atoms with E-state index in [1.54, 1.807) is 0 Å². The molecule has 0 aliphatic heterocycles. The maximum atomic E-state index is 13.3. The van der Waals surface area contributed by atoms with Gasteiger partial charge in [0.25, 0.3) is 0 Å². The molecular weight excluding hydrogens is 280 g/mol. The second kappa shape index (κ2) is 6.86. The molecule has 0 radical (unpaired) electrons. The number of alkyl halides is 2. The lowest BCUT2D eigenvalue weighted by Gasteiger charge is -2.34. The maximum absolute atomic E-state index is 13.3. The molecule has 1 fully saturated rings. The highest BCUT2D eigenvalue weighted by Crippen LogP contribution is 2.38. The van der Waals surface area contributed by atoms with Crippen molar-refractivity contribution < 1.29 is 8.78 Å². The molecule has 112 valence electrons. The molecule has 2 rings (SSSR count). The summed E-state index contributed by atoms with van der Waals surface area (Å²) < 4.78 is 26.5. The first-order valence-corrected chi connectivity index (χ1v) is 7.73. The molecule has 0 heterocycles. The van der Waals surface area contributed by atoms with E-state index in [1.165, 1.54) is 5.56 Å². The van der Waals surface area contributed by atoms with Crippen molar-refractivity contribution in [2.45, 2.75) is 51.0 Å². The lowest BCUT2D eigenvalue weighted by molar-refractivity contribution is -0.0494. The molecular formula is C16H22ClF2N. The van der Waals surface area contributed by atoms with Gasteiger partial charge in [-0.15, -0.1) is 0 Å². The third-order valence-corrected chi connectivity index (χ3v) is 4.42. The van der Waals surface area contributed by atoms with Gasteiger partial charge >= 0.3 is 0 Å². The molecule has 1 aliphatic rings. The fraction of sp³-hybridized carbons (Fsp3) is 0.625. The largest absolute Gasteiger partial charge is 0.314 e. The van der Waals surface area contributed by atoms with E-state index in [0.29, 0.717) is 18.8 Å². The van der Waals surface area contributed by atoms with Crippen LogP contribution in [0, 0.1) is 5.92 Å². The van der Waals surface area contributed by atoms with Crippen LogP contribution in [-0.2, 0) is 6.42 Å². The first-order valence-electron chi connectivity index (χ1n) is 7.36. The highest BCUT2D eigenvalue weighted by atomic mass is 35.5. The predicted molar refractivity (Wildman–Crippen MR) is 79.5 cm³/mol. The zero-order valence-corrected chi connectivity index (χ0v) is 12.6. The highest BCUT2D eigenvalue weighted by molar-refractivity contribution is 6.30. The molecule has 1 unspecified atom stereocenters. The Bertz CT molecular complexity index is 409. The quantitative estimate of drug-likeness (QED) is 0.832. The Hall–Kier alpha value is -0.670. The lowest BCUT2D eigenvalue weighted by atomic mass is 9.80. The Morgan fingerprint density at radius 1 is 1.25 bits per heavy atom. The fourth-order valence-corrected chi connectivity index (χ4v) is 3.13. The summed E-state index contributed by atoms with van der Waals surface area (Å²) in [6.45, 7) is 2.93. The summed E-state index contributed by atoms with van der Waals surface area (Å²) >= 11 is 5.89. The van der Waals surface area contributed by atoms with Gasteiger partial charge in [-0.3, -0.25) is 0 Å². The third kappa shape index (κ3) is 4.42. The molecule has 1 aromatic rings. The molecule has 1 nitrogen and oxygen atoms in total. The molecule has 0 saturated heterocycles. The second-order valence-electron chi connectivity index (χ2n) is 5.69. The van der Waals surface area contributed by atoms with Crippen molar-refractivity contribution in [3.05, 3.63) is 34.9 Å². The minimum absolute atomic E-state index is 0.0280. The molecule has 1 N–H and O–H groups in total. The van der Waals surface area contributed by atoms with Gasteiger partial charge in [-0.1, -0.05) is 30.7 Å². The lowest BCUT2D eigenvalue weighted by Crippen LogP contribution is -2.41. The van der Waals surface area contributed by atoms with Gasteiger partial charge in [0.15, 0.2) is 0 Å². The Balaban J connectivity index is 1.98. The molecule has 1 aromatic carbocycles. The summed E-state index contributed by atoms with van der Waals surface area (Å²) in [6, 6.07) is 8.08. The molecule has 1 saturated carbocycles. The van der Waals surface area contributed by atoms with Crippen LogP contribution >= 0.6 is 11.6 Å². The van der Waals surface area contributed by atoms with Gasteiger partial charge < -0.3 is 5.32 Å². The minimum Gasteiger partial charge on any atom is -0.314 e. The van der Waals surface area contributed by atoms with Crippen molar-refractivity contribution in [3.63, 3.8) is 0 Å². The van der Waals surface area contributed by atoms with Crippen LogP contribution in [0.5, 0.6) is 0 Å². The third-order valence-electron chi connectivity index (χ3n) is 4.17. The first-order chi connectivity index (χ1) is 9.50. The normalized spacial score (nSPS) is 20.8. The van der Waals surface area contributed by atoms with Crippen LogP contribution in [-0.4, -0.2) is 18.5 Å². The molecule has 0 spiro atoms. The number of likely N-dealkylation sites (N-methyl/N-ethyl adjacent to an activating group) is 1. The van der Waals surface area contributed by atoms with Crippen LogP contribution < -0.4 is 5.32 Å². The smallest absolute Gasteiger partial charge is 0.248 e. The van der Waals surface area contributed by atoms with Crippen LogP contribution in [0.1, 0.15) is 38.2 Å². The van der Waals surface area contributed by atoms with Crippen molar-refractivity contribution in [1.82, 2.24) is 5.32 Å². The Morgan fingerprint density at radius 3 is 2.40 bits per heavy atom. The number of hydrogen-bond acceptors (Lipinski definition) is 1. The van der Waals surface area contributed by atoms with Crippen molar-refractivity contribution in [2.24, 2.45) is 5.92 Å². The number of benzene rings is 1. The zero-order valence-electron chi connectivity index (χ0n) is 11.8. The molecule has 0 bridgehead atoms. The summed E-state index contributed by atoms with van der Waals surface area (Å²) in [4.78, 5) is 0. The predicted octanol–water partition coefficient (Wildman–Crippen LogP) is 4.69. The number of nitrogens with one attached hydrogen (secondary N) is 1. The first kappa shape index (κ1) is 15.7. The highest BCUT2D eigenvalue weighted by Gasteiger charge is 2.37. The van der Waals surface area contributed by atoms with Gasteiger partial charge in [0, 0.05) is 23.9 Å². The van der Waals surface area contributed by atoms with E-state index in [4.69, 9.17) is 11.6 Å². The van der Waals surface area contributed by atoms with Gasteiger partial charge in [0.2, 0.25) is 5.92 Å². The van der Waals surface area contributed by atoms with Crippen LogP contribution in [0.4, 0.5) is 8.78 Å². The van der Waals surface area contributed by atoms with E-state index in [9.17, 15) is 8.78 Å². The van der Waals surface area contributed by atoms with Crippen molar-refractivity contribution in [3.8, 4) is 0 Å². The number of halogens is 3. The van der Waals surface area contributed by atoms with Gasteiger partial charge in [0.1, 0.15) is 0 Å². The zero-order chi connectivity index (χ0) is 14.6. The van der Waals surface area contributed by atoms with Crippen molar-refractivity contribution in [2.75, 3.05) is 6.54 Å². The van der Waals surface area contributed by atoms with Gasteiger partial charge in [-0.05, 0) is 49.4 Å².